The maximum atomic E-state index is 14.1. The average Bonchev–Trinajstić information content (AvgIpc) is 2.96. The molecule has 0 fully saturated rings. The van der Waals surface area contributed by atoms with Gasteiger partial charge in [0.1, 0.15) is 0 Å². The molecule has 0 aliphatic heterocycles. The van der Waals surface area contributed by atoms with Gasteiger partial charge in [0.25, 0.3) is 0 Å². The van der Waals surface area contributed by atoms with E-state index in [2.05, 4.69) is 0 Å². The summed E-state index contributed by atoms with van der Waals surface area (Å²) in [6.07, 6.45) is -0.306. The Balaban J connectivity index is 1.88. The van der Waals surface area contributed by atoms with Crippen LogP contribution in [0.1, 0.15) is 22.6 Å². The molecule has 0 saturated carbocycles. The summed E-state index contributed by atoms with van der Waals surface area (Å²) >= 11 is 0. The molecular weight excluding hydrogens is 335 g/mol. The molecule has 0 amide bonds. The van der Waals surface area contributed by atoms with Crippen molar-refractivity contribution in [2.45, 2.75) is 12.3 Å². The first-order valence-electron chi connectivity index (χ1n) is 7.69. The maximum Gasteiger partial charge on any atom is 0.200 e. The lowest BCUT2D eigenvalue weighted by Gasteiger charge is -2.16. The topological polar surface area (TPSA) is 0 Å². The Morgan fingerprint density at radius 2 is 0.960 bits per heavy atom. The summed E-state index contributed by atoms with van der Waals surface area (Å²) in [5.74, 6) is -9.95. The molecule has 25 heavy (non-hydrogen) atoms. The van der Waals surface area contributed by atoms with E-state index in [0.717, 1.165) is 22.3 Å². The molecular formula is C20H11F5. The first kappa shape index (κ1) is 15.8. The monoisotopic (exact) mass is 346 g/mol. The van der Waals surface area contributed by atoms with Gasteiger partial charge in [0, 0.05) is 11.5 Å². The second kappa shape index (κ2) is 5.69. The Labute approximate surface area is 140 Å². The number of fused-ring (bicyclic) bond motifs is 3. The minimum absolute atomic E-state index is 0.306. The standard InChI is InChI=1S/C20H11F5/c21-16-15(17(22)19(24)20(25)18(16)23)9-14-12-7-3-1-5-10(12)11-6-2-4-8-13(11)14/h1-8,14H,9H2. The van der Waals surface area contributed by atoms with E-state index in [1.54, 1.807) is 12.1 Å². The van der Waals surface area contributed by atoms with Crippen LogP contribution >= 0.6 is 0 Å². The highest BCUT2D eigenvalue weighted by Gasteiger charge is 2.32. The fraction of sp³-hybridized carbons (Fsp3) is 0.100. The third kappa shape index (κ3) is 2.26. The van der Waals surface area contributed by atoms with E-state index >= 15 is 0 Å². The predicted molar refractivity (Wildman–Crippen MR) is 83.7 cm³/mol. The number of hydrogen-bond donors (Lipinski definition) is 0. The molecule has 1 aliphatic carbocycles. The van der Waals surface area contributed by atoms with Crippen LogP contribution in [0.2, 0.25) is 0 Å². The minimum Gasteiger partial charge on any atom is -0.203 e. The molecule has 3 aromatic carbocycles. The Morgan fingerprint density at radius 1 is 0.560 bits per heavy atom. The van der Waals surface area contributed by atoms with Gasteiger partial charge in [-0.05, 0) is 28.7 Å². The molecule has 0 N–H and O–H groups in total. The van der Waals surface area contributed by atoms with Gasteiger partial charge < -0.3 is 0 Å². The fourth-order valence-corrected chi connectivity index (χ4v) is 3.51. The molecule has 0 unspecified atom stereocenters. The van der Waals surface area contributed by atoms with Gasteiger partial charge in [-0.1, -0.05) is 48.5 Å². The molecule has 4 rings (SSSR count). The molecule has 5 heteroatoms. The maximum absolute atomic E-state index is 14.1. The molecule has 0 aromatic heterocycles. The van der Waals surface area contributed by atoms with Crippen LogP contribution in [0, 0.1) is 29.1 Å². The fourth-order valence-electron chi connectivity index (χ4n) is 3.51. The van der Waals surface area contributed by atoms with Gasteiger partial charge in [-0.25, -0.2) is 22.0 Å². The quantitative estimate of drug-likeness (QED) is 0.315. The summed E-state index contributed by atoms with van der Waals surface area (Å²) in [6, 6.07) is 14.6. The normalized spacial score (nSPS) is 13.0. The van der Waals surface area contributed by atoms with Crippen molar-refractivity contribution in [3.63, 3.8) is 0 Å². The molecule has 3 aromatic rings. The van der Waals surface area contributed by atoms with Gasteiger partial charge in [-0.3, -0.25) is 0 Å². The van der Waals surface area contributed by atoms with Gasteiger partial charge in [-0.2, -0.15) is 0 Å². The van der Waals surface area contributed by atoms with Crippen LogP contribution in [-0.4, -0.2) is 0 Å². The van der Waals surface area contributed by atoms with Gasteiger partial charge in [-0.15, -0.1) is 0 Å². The van der Waals surface area contributed by atoms with Crippen molar-refractivity contribution in [3.8, 4) is 11.1 Å². The molecule has 0 saturated heterocycles. The SMILES string of the molecule is Fc1c(F)c(F)c(CC2c3ccccc3-c3ccccc32)c(F)c1F. The third-order valence-electron chi connectivity index (χ3n) is 4.67. The largest absolute Gasteiger partial charge is 0.203 e. The molecule has 0 radical (unpaired) electrons. The first-order valence-corrected chi connectivity index (χ1v) is 7.69. The van der Waals surface area contributed by atoms with Crippen LogP contribution in [0.4, 0.5) is 22.0 Å². The summed E-state index contributed by atoms with van der Waals surface area (Å²) < 4.78 is 68.5. The molecule has 1 aliphatic rings. The highest BCUT2D eigenvalue weighted by Crippen LogP contribution is 2.46. The Morgan fingerprint density at radius 3 is 1.44 bits per heavy atom. The van der Waals surface area contributed by atoms with Gasteiger partial charge in [0.2, 0.25) is 5.82 Å². The van der Waals surface area contributed by atoms with Crippen LogP contribution in [-0.2, 0) is 6.42 Å². The van der Waals surface area contributed by atoms with Crippen molar-refractivity contribution in [1.82, 2.24) is 0 Å². The summed E-state index contributed by atoms with van der Waals surface area (Å²) in [5, 5.41) is 0. The zero-order chi connectivity index (χ0) is 17.7. The zero-order valence-electron chi connectivity index (χ0n) is 12.8. The summed E-state index contributed by atoms with van der Waals surface area (Å²) in [6.45, 7) is 0. The van der Waals surface area contributed by atoms with Crippen molar-refractivity contribution in [3.05, 3.63) is 94.3 Å². The van der Waals surface area contributed by atoms with Crippen LogP contribution in [0.3, 0.4) is 0 Å². The number of rotatable bonds is 2. The van der Waals surface area contributed by atoms with Crippen molar-refractivity contribution < 1.29 is 22.0 Å². The second-order valence-corrected chi connectivity index (χ2v) is 5.98. The number of hydrogen-bond acceptors (Lipinski definition) is 0. The lowest BCUT2D eigenvalue weighted by Crippen LogP contribution is -2.11. The van der Waals surface area contributed by atoms with Crippen molar-refractivity contribution >= 4 is 0 Å². The molecule has 126 valence electrons. The minimum atomic E-state index is -2.13. The third-order valence-corrected chi connectivity index (χ3v) is 4.67. The smallest absolute Gasteiger partial charge is 0.200 e. The highest BCUT2D eigenvalue weighted by atomic mass is 19.2. The van der Waals surface area contributed by atoms with Crippen molar-refractivity contribution in [2.75, 3.05) is 0 Å². The molecule has 0 heterocycles. The first-order chi connectivity index (χ1) is 12.0. The van der Waals surface area contributed by atoms with E-state index in [-0.39, 0.29) is 6.42 Å². The van der Waals surface area contributed by atoms with Gasteiger partial charge in [0.05, 0.1) is 0 Å². The van der Waals surface area contributed by atoms with Crippen molar-refractivity contribution in [2.24, 2.45) is 0 Å². The van der Waals surface area contributed by atoms with Crippen LogP contribution in [0.15, 0.2) is 48.5 Å². The van der Waals surface area contributed by atoms with E-state index < -0.39 is 40.6 Å². The van der Waals surface area contributed by atoms with Gasteiger partial charge in [0.15, 0.2) is 23.3 Å². The van der Waals surface area contributed by atoms with Crippen molar-refractivity contribution in [1.29, 1.82) is 0 Å². The summed E-state index contributed by atoms with van der Waals surface area (Å²) in [4.78, 5) is 0. The Hall–Kier alpha value is -2.69. The summed E-state index contributed by atoms with van der Waals surface area (Å²) in [7, 11) is 0. The van der Waals surface area contributed by atoms with Crippen LogP contribution < -0.4 is 0 Å². The average molecular weight is 346 g/mol. The number of halogens is 5. The highest BCUT2D eigenvalue weighted by molar-refractivity contribution is 5.78. The lowest BCUT2D eigenvalue weighted by atomic mass is 9.89. The molecule has 0 atom stereocenters. The lowest BCUT2D eigenvalue weighted by molar-refractivity contribution is 0.369. The second-order valence-electron chi connectivity index (χ2n) is 5.98. The van der Waals surface area contributed by atoms with E-state index in [9.17, 15) is 22.0 Å². The predicted octanol–water partition coefficient (Wildman–Crippen LogP) is 5.74. The number of benzene rings is 3. The molecule has 0 nitrogen and oxygen atoms in total. The van der Waals surface area contributed by atoms with Gasteiger partial charge >= 0.3 is 0 Å². The molecule has 0 bridgehead atoms. The molecule has 0 spiro atoms. The summed E-state index contributed by atoms with van der Waals surface area (Å²) in [5.41, 5.74) is 2.66. The Kier molecular flexibility index (Phi) is 3.60. The van der Waals surface area contributed by atoms with E-state index in [1.807, 2.05) is 36.4 Å². The van der Waals surface area contributed by atoms with Crippen LogP contribution in [0.25, 0.3) is 11.1 Å². The zero-order valence-corrected chi connectivity index (χ0v) is 12.8. The van der Waals surface area contributed by atoms with E-state index in [4.69, 9.17) is 0 Å². The van der Waals surface area contributed by atoms with Crippen LogP contribution in [0.5, 0.6) is 0 Å². The van der Waals surface area contributed by atoms with E-state index in [0.29, 0.717) is 0 Å². The Bertz CT molecular complexity index is 919. The van der Waals surface area contributed by atoms with E-state index in [1.165, 1.54) is 0 Å².